The van der Waals surface area contributed by atoms with Gasteiger partial charge < -0.3 is 9.74 Å². The second-order valence-corrected chi connectivity index (χ2v) is 5.69. The van der Waals surface area contributed by atoms with Crippen molar-refractivity contribution in [2.75, 3.05) is 13.6 Å². The van der Waals surface area contributed by atoms with E-state index in [-0.39, 0.29) is 12.0 Å². The number of carbonyl (C=O) groups is 1. The lowest BCUT2D eigenvalue weighted by atomic mass is 10.1. The Balaban J connectivity index is 0.00000232. The Hall–Kier alpha value is -1.84. The Morgan fingerprint density at radius 1 is 1.22 bits per heavy atom. The summed E-state index contributed by atoms with van der Waals surface area (Å²) in [5.74, 6) is 0.0611. The van der Waals surface area contributed by atoms with Crippen LogP contribution in [0.25, 0.3) is 0 Å². The van der Waals surface area contributed by atoms with Gasteiger partial charge in [0.05, 0.1) is 5.71 Å². The fourth-order valence-corrected chi connectivity index (χ4v) is 1.88. The molecule has 0 fully saturated rings. The Morgan fingerprint density at radius 3 is 2.30 bits per heavy atom. The van der Waals surface area contributed by atoms with Crippen LogP contribution in [0, 0.1) is 6.92 Å². The van der Waals surface area contributed by atoms with Crippen molar-refractivity contribution in [2.45, 2.75) is 60.5 Å². The molecule has 4 heteroatoms. The van der Waals surface area contributed by atoms with Gasteiger partial charge in [-0.05, 0) is 52.7 Å². The van der Waals surface area contributed by atoms with E-state index in [2.05, 4.69) is 5.16 Å². The van der Waals surface area contributed by atoms with E-state index in [0.29, 0.717) is 0 Å². The summed E-state index contributed by atoms with van der Waals surface area (Å²) in [6.45, 7) is 12.5. The smallest absolute Gasteiger partial charge is 0.253 e. The maximum absolute atomic E-state index is 12.2. The van der Waals surface area contributed by atoms with Crippen LogP contribution in [0.1, 0.15) is 63.4 Å². The lowest BCUT2D eigenvalue weighted by Crippen LogP contribution is -2.28. The SMILES string of the molecule is CC.CC(C)=NOC(C)CCCN(C)C(=O)c1ccc(C)cc1. The van der Waals surface area contributed by atoms with Crippen molar-refractivity contribution in [3.8, 4) is 0 Å². The number of benzene rings is 1. The third-order valence-electron chi connectivity index (χ3n) is 3.16. The summed E-state index contributed by atoms with van der Waals surface area (Å²) in [6.07, 6.45) is 1.85. The first-order chi connectivity index (χ1) is 10.9. The first-order valence-electron chi connectivity index (χ1n) is 8.39. The van der Waals surface area contributed by atoms with Crippen LogP contribution in [0.15, 0.2) is 29.4 Å². The quantitative estimate of drug-likeness (QED) is 0.541. The molecule has 0 aliphatic carbocycles. The molecule has 1 aromatic carbocycles. The minimum Gasteiger partial charge on any atom is -0.393 e. The van der Waals surface area contributed by atoms with E-state index in [1.165, 1.54) is 0 Å². The predicted octanol–water partition coefficient (Wildman–Crippen LogP) is 4.67. The largest absolute Gasteiger partial charge is 0.393 e. The van der Waals surface area contributed by atoms with Gasteiger partial charge in [-0.25, -0.2) is 0 Å². The monoisotopic (exact) mass is 320 g/mol. The summed E-state index contributed by atoms with van der Waals surface area (Å²) >= 11 is 0. The summed E-state index contributed by atoms with van der Waals surface area (Å²) in [5, 5.41) is 3.95. The number of oxime groups is 1. The summed E-state index contributed by atoms with van der Waals surface area (Å²) in [6, 6.07) is 7.67. The van der Waals surface area contributed by atoms with Crippen molar-refractivity contribution >= 4 is 11.6 Å². The normalized spacial score (nSPS) is 10.9. The highest BCUT2D eigenvalue weighted by atomic mass is 16.6. The zero-order valence-electron chi connectivity index (χ0n) is 15.7. The number of hydrogen-bond acceptors (Lipinski definition) is 3. The summed E-state index contributed by atoms with van der Waals surface area (Å²) in [5.41, 5.74) is 2.80. The molecule has 1 aromatic rings. The van der Waals surface area contributed by atoms with Crippen LogP contribution in [0.5, 0.6) is 0 Å². The van der Waals surface area contributed by atoms with Crippen LogP contribution in [-0.2, 0) is 4.84 Å². The standard InChI is InChI=1S/C17H26N2O2.C2H6/c1-13(2)18-21-15(4)7-6-12-19(5)17(20)16-10-8-14(3)9-11-16;1-2/h8-11,15H,6-7,12H2,1-5H3;1-2H3. The Morgan fingerprint density at radius 2 is 1.78 bits per heavy atom. The van der Waals surface area contributed by atoms with Gasteiger partial charge in [-0.2, -0.15) is 0 Å². The van der Waals surface area contributed by atoms with Crippen LogP contribution < -0.4 is 0 Å². The van der Waals surface area contributed by atoms with Gasteiger partial charge in [-0.15, -0.1) is 0 Å². The van der Waals surface area contributed by atoms with E-state index in [4.69, 9.17) is 4.84 Å². The van der Waals surface area contributed by atoms with Crippen LogP contribution in [0.2, 0.25) is 0 Å². The number of amides is 1. The molecule has 4 nitrogen and oxygen atoms in total. The summed E-state index contributed by atoms with van der Waals surface area (Å²) in [7, 11) is 1.84. The molecule has 1 amide bonds. The van der Waals surface area contributed by atoms with Crippen LogP contribution in [0.4, 0.5) is 0 Å². The molecule has 1 atom stereocenters. The highest BCUT2D eigenvalue weighted by Crippen LogP contribution is 2.08. The lowest BCUT2D eigenvalue weighted by Gasteiger charge is -2.18. The molecule has 23 heavy (non-hydrogen) atoms. The topological polar surface area (TPSA) is 41.9 Å². The van der Waals surface area contributed by atoms with Crippen LogP contribution >= 0.6 is 0 Å². The van der Waals surface area contributed by atoms with E-state index in [9.17, 15) is 4.79 Å². The molecule has 0 bridgehead atoms. The number of rotatable bonds is 7. The predicted molar refractivity (Wildman–Crippen MR) is 98.1 cm³/mol. The molecule has 130 valence electrons. The molecule has 0 saturated heterocycles. The molecule has 1 unspecified atom stereocenters. The number of hydrogen-bond donors (Lipinski definition) is 0. The van der Waals surface area contributed by atoms with Gasteiger partial charge in [0.1, 0.15) is 6.10 Å². The van der Waals surface area contributed by atoms with Gasteiger partial charge in [0.2, 0.25) is 0 Å². The average Bonchev–Trinajstić information content (AvgIpc) is 2.54. The molecular formula is C19H32N2O2. The minimum absolute atomic E-state index is 0.0611. The van der Waals surface area contributed by atoms with E-state index in [1.807, 2.05) is 72.9 Å². The molecule has 0 saturated carbocycles. The van der Waals surface area contributed by atoms with Crippen molar-refractivity contribution in [3.05, 3.63) is 35.4 Å². The number of nitrogens with zero attached hydrogens (tertiary/aromatic N) is 2. The fourth-order valence-electron chi connectivity index (χ4n) is 1.88. The molecule has 0 aliphatic rings. The molecule has 0 spiro atoms. The van der Waals surface area contributed by atoms with E-state index in [0.717, 1.165) is 36.2 Å². The van der Waals surface area contributed by atoms with E-state index in [1.54, 1.807) is 4.90 Å². The first kappa shape index (κ1) is 21.2. The van der Waals surface area contributed by atoms with Crippen molar-refractivity contribution in [1.82, 2.24) is 4.90 Å². The van der Waals surface area contributed by atoms with Crippen molar-refractivity contribution in [1.29, 1.82) is 0 Å². The Bertz CT molecular complexity index is 477. The van der Waals surface area contributed by atoms with Gasteiger partial charge >= 0.3 is 0 Å². The van der Waals surface area contributed by atoms with Gasteiger partial charge in [-0.1, -0.05) is 36.7 Å². The Kier molecular flexibility index (Phi) is 10.8. The van der Waals surface area contributed by atoms with E-state index < -0.39 is 0 Å². The van der Waals surface area contributed by atoms with Crippen molar-refractivity contribution in [3.63, 3.8) is 0 Å². The van der Waals surface area contributed by atoms with Gasteiger partial charge in [0, 0.05) is 19.2 Å². The zero-order valence-corrected chi connectivity index (χ0v) is 15.7. The average molecular weight is 320 g/mol. The highest BCUT2D eigenvalue weighted by Gasteiger charge is 2.11. The maximum atomic E-state index is 12.2. The summed E-state index contributed by atoms with van der Waals surface area (Å²) in [4.78, 5) is 19.3. The maximum Gasteiger partial charge on any atom is 0.253 e. The molecule has 0 aliphatic heterocycles. The van der Waals surface area contributed by atoms with Crippen LogP contribution in [0.3, 0.4) is 0 Å². The number of carbonyl (C=O) groups excluding carboxylic acids is 1. The molecule has 0 radical (unpaired) electrons. The summed E-state index contributed by atoms with van der Waals surface area (Å²) < 4.78 is 0. The molecule has 0 heterocycles. The molecule has 0 aromatic heterocycles. The third kappa shape index (κ3) is 9.01. The second-order valence-electron chi connectivity index (χ2n) is 5.69. The van der Waals surface area contributed by atoms with Gasteiger partial charge in [-0.3, -0.25) is 4.79 Å². The van der Waals surface area contributed by atoms with E-state index >= 15 is 0 Å². The fraction of sp³-hybridized carbons (Fsp3) is 0.579. The van der Waals surface area contributed by atoms with Crippen LogP contribution in [-0.4, -0.2) is 36.2 Å². The van der Waals surface area contributed by atoms with Crippen molar-refractivity contribution < 1.29 is 9.63 Å². The zero-order chi connectivity index (χ0) is 17.8. The second kappa shape index (κ2) is 11.7. The van der Waals surface area contributed by atoms with Gasteiger partial charge in [0.15, 0.2) is 0 Å². The molecule has 1 rings (SSSR count). The molecular weight excluding hydrogens is 288 g/mol. The van der Waals surface area contributed by atoms with Gasteiger partial charge in [0.25, 0.3) is 5.91 Å². The lowest BCUT2D eigenvalue weighted by molar-refractivity contribution is 0.0604. The highest BCUT2D eigenvalue weighted by molar-refractivity contribution is 5.94. The van der Waals surface area contributed by atoms with Crippen molar-refractivity contribution in [2.24, 2.45) is 5.16 Å². The third-order valence-corrected chi connectivity index (χ3v) is 3.16. The molecule has 0 N–H and O–H groups in total. The Labute approximate surface area is 141 Å². The number of aryl methyl sites for hydroxylation is 1. The first-order valence-corrected chi connectivity index (χ1v) is 8.39. The minimum atomic E-state index is 0.0611.